The molecule has 5 nitrogen and oxygen atoms in total. The Morgan fingerprint density at radius 3 is 2.61 bits per heavy atom. The largest absolute Gasteiger partial charge is 0.464 e. The van der Waals surface area contributed by atoms with Gasteiger partial charge >= 0.3 is 5.97 Å². The van der Waals surface area contributed by atoms with Gasteiger partial charge in [-0.2, -0.15) is 0 Å². The summed E-state index contributed by atoms with van der Waals surface area (Å²) >= 11 is 0. The standard InChI is InChI=1S/C13H18N2O3/c1-11(16)18-10-9-14-15-13(17)8-7-12-5-3-2-4-6-12/h2-6,14H,7-10H2,1H3,(H,15,17). The zero-order valence-corrected chi connectivity index (χ0v) is 10.4. The van der Waals surface area contributed by atoms with Crippen molar-refractivity contribution in [1.82, 2.24) is 10.9 Å². The molecule has 1 aromatic carbocycles. The number of ether oxygens (including phenoxy) is 1. The third-order valence-corrected chi connectivity index (χ3v) is 2.24. The molecule has 0 heterocycles. The highest BCUT2D eigenvalue weighted by Crippen LogP contribution is 2.01. The van der Waals surface area contributed by atoms with Gasteiger partial charge in [-0.25, -0.2) is 5.43 Å². The molecule has 5 heteroatoms. The maximum atomic E-state index is 11.4. The minimum absolute atomic E-state index is 0.0818. The quantitative estimate of drug-likeness (QED) is 0.427. The van der Waals surface area contributed by atoms with Gasteiger partial charge in [-0.15, -0.1) is 0 Å². The number of carbonyl (C=O) groups is 2. The molecular formula is C13H18N2O3. The summed E-state index contributed by atoms with van der Waals surface area (Å²) < 4.78 is 4.70. The van der Waals surface area contributed by atoms with Crippen LogP contribution in [0.2, 0.25) is 0 Å². The molecule has 0 saturated carbocycles. The fourth-order valence-corrected chi connectivity index (χ4v) is 1.37. The fourth-order valence-electron chi connectivity index (χ4n) is 1.37. The number of benzene rings is 1. The van der Waals surface area contributed by atoms with Gasteiger partial charge in [0, 0.05) is 19.9 Å². The average Bonchev–Trinajstić information content (AvgIpc) is 2.37. The van der Waals surface area contributed by atoms with Gasteiger partial charge in [0.1, 0.15) is 6.61 Å². The predicted octanol–water partition coefficient (Wildman–Crippen LogP) is 0.803. The van der Waals surface area contributed by atoms with Crippen molar-refractivity contribution in [3.05, 3.63) is 35.9 Å². The molecule has 0 atom stereocenters. The molecule has 0 aliphatic heterocycles. The summed E-state index contributed by atoms with van der Waals surface area (Å²) in [5.41, 5.74) is 6.38. The van der Waals surface area contributed by atoms with Gasteiger partial charge in [0.05, 0.1) is 0 Å². The molecule has 0 saturated heterocycles. The van der Waals surface area contributed by atoms with E-state index in [9.17, 15) is 9.59 Å². The van der Waals surface area contributed by atoms with E-state index in [4.69, 9.17) is 4.74 Å². The lowest BCUT2D eigenvalue weighted by Crippen LogP contribution is -2.39. The number of amides is 1. The minimum atomic E-state index is -0.327. The first-order valence-corrected chi connectivity index (χ1v) is 5.87. The monoisotopic (exact) mass is 250 g/mol. The van der Waals surface area contributed by atoms with Crippen LogP contribution < -0.4 is 10.9 Å². The molecule has 0 bridgehead atoms. The van der Waals surface area contributed by atoms with Gasteiger partial charge in [0.2, 0.25) is 5.91 Å². The second-order valence-electron chi connectivity index (χ2n) is 3.80. The van der Waals surface area contributed by atoms with Crippen LogP contribution in [-0.4, -0.2) is 25.0 Å². The summed E-state index contributed by atoms with van der Waals surface area (Å²) in [6.45, 7) is 1.99. The predicted molar refractivity (Wildman–Crippen MR) is 67.5 cm³/mol. The summed E-state index contributed by atoms with van der Waals surface area (Å²) in [6.07, 6.45) is 1.13. The first kappa shape index (κ1) is 14.2. The Kier molecular flexibility index (Phi) is 6.50. The van der Waals surface area contributed by atoms with Crippen LogP contribution in [0.1, 0.15) is 18.9 Å². The van der Waals surface area contributed by atoms with Gasteiger partial charge in [-0.05, 0) is 12.0 Å². The Morgan fingerprint density at radius 1 is 1.22 bits per heavy atom. The van der Waals surface area contributed by atoms with Crippen molar-refractivity contribution >= 4 is 11.9 Å². The maximum absolute atomic E-state index is 11.4. The molecule has 18 heavy (non-hydrogen) atoms. The second kappa shape index (κ2) is 8.25. The van der Waals surface area contributed by atoms with Crippen molar-refractivity contribution in [3.8, 4) is 0 Å². The lowest BCUT2D eigenvalue weighted by atomic mass is 10.1. The number of carbonyl (C=O) groups excluding carboxylic acids is 2. The molecule has 2 N–H and O–H groups in total. The third-order valence-electron chi connectivity index (χ3n) is 2.24. The van der Waals surface area contributed by atoms with Crippen LogP contribution in [0.15, 0.2) is 30.3 Å². The molecule has 1 aromatic rings. The molecule has 1 rings (SSSR count). The van der Waals surface area contributed by atoms with Crippen molar-refractivity contribution in [2.45, 2.75) is 19.8 Å². The van der Waals surface area contributed by atoms with Crippen molar-refractivity contribution in [3.63, 3.8) is 0 Å². The lowest BCUT2D eigenvalue weighted by Gasteiger charge is -2.07. The summed E-state index contributed by atoms with van der Waals surface area (Å²) in [5, 5.41) is 0. The van der Waals surface area contributed by atoms with Crippen LogP contribution in [0.3, 0.4) is 0 Å². The Hall–Kier alpha value is -1.88. The Morgan fingerprint density at radius 2 is 1.94 bits per heavy atom. The van der Waals surface area contributed by atoms with Crippen LogP contribution >= 0.6 is 0 Å². The van der Waals surface area contributed by atoms with E-state index in [0.717, 1.165) is 5.56 Å². The molecule has 0 unspecified atom stereocenters. The Balaban J connectivity index is 2.06. The number of hydrogen-bond donors (Lipinski definition) is 2. The van der Waals surface area contributed by atoms with Gasteiger partial charge in [0.15, 0.2) is 0 Å². The summed E-state index contributed by atoms with van der Waals surface area (Å²) in [7, 11) is 0. The number of hydrogen-bond acceptors (Lipinski definition) is 4. The van der Waals surface area contributed by atoms with Crippen molar-refractivity contribution in [2.75, 3.05) is 13.2 Å². The van der Waals surface area contributed by atoms with Crippen molar-refractivity contribution in [2.24, 2.45) is 0 Å². The molecule has 1 amide bonds. The van der Waals surface area contributed by atoms with Crippen LogP contribution in [0.25, 0.3) is 0 Å². The van der Waals surface area contributed by atoms with E-state index < -0.39 is 0 Å². The highest BCUT2D eigenvalue weighted by molar-refractivity contribution is 5.75. The molecule has 0 fully saturated rings. The molecule has 0 aliphatic rings. The number of aryl methyl sites for hydroxylation is 1. The lowest BCUT2D eigenvalue weighted by molar-refractivity contribution is -0.140. The molecule has 0 aliphatic carbocycles. The number of nitrogens with one attached hydrogen (secondary N) is 2. The summed E-state index contributed by atoms with van der Waals surface area (Å²) in [6, 6.07) is 9.82. The Bertz CT molecular complexity index is 379. The van der Waals surface area contributed by atoms with Crippen LogP contribution in [0.4, 0.5) is 0 Å². The highest BCUT2D eigenvalue weighted by Gasteiger charge is 2.01. The zero-order chi connectivity index (χ0) is 13.2. The topological polar surface area (TPSA) is 67.4 Å². The van der Waals surface area contributed by atoms with Gasteiger partial charge in [-0.1, -0.05) is 30.3 Å². The van der Waals surface area contributed by atoms with E-state index >= 15 is 0 Å². The SMILES string of the molecule is CC(=O)OCCNNC(=O)CCc1ccccc1. The first-order chi connectivity index (χ1) is 8.68. The first-order valence-electron chi connectivity index (χ1n) is 5.87. The zero-order valence-electron chi connectivity index (χ0n) is 10.4. The normalized spacial score (nSPS) is 9.83. The Labute approximate surface area is 106 Å². The highest BCUT2D eigenvalue weighted by atomic mass is 16.5. The van der Waals surface area contributed by atoms with E-state index in [2.05, 4.69) is 10.9 Å². The molecule has 0 spiro atoms. The van der Waals surface area contributed by atoms with Gasteiger partial charge in [0.25, 0.3) is 0 Å². The maximum Gasteiger partial charge on any atom is 0.302 e. The van der Waals surface area contributed by atoms with Crippen molar-refractivity contribution in [1.29, 1.82) is 0 Å². The number of esters is 1. The average molecular weight is 250 g/mol. The van der Waals surface area contributed by atoms with E-state index in [0.29, 0.717) is 19.4 Å². The van der Waals surface area contributed by atoms with E-state index in [1.807, 2.05) is 30.3 Å². The fraction of sp³-hybridized carbons (Fsp3) is 0.385. The van der Waals surface area contributed by atoms with Gasteiger partial charge in [-0.3, -0.25) is 15.0 Å². The number of hydrazine groups is 1. The second-order valence-corrected chi connectivity index (χ2v) is 3.80. The van der Waals surface area contributed by atoms with Crippen LogP contribution in [0, 0.1) is 0 Å². The molecular weight excluding hydrogens is 232 g/mol. The summed E-state index contributed by atoms with van der Waals surface area (Å²) in [5.74, 6) is -0.408. The van der Waals surface area contributed by atoms with Gasteiger partial charge < -0.3 is 4.74 Å². The number of rotatable bonds is 7. The third kappa shape index (κ3) is 6.65. The van der Waals surface area contributed by atoms with Crippen molar-refractivity contribution < 1.29 is 14.3 Å². The molecule has 0 aromatic heterocycles. The molecule has 0 radical (unpaired) electrons. The molecule has 98 valence electrons. The smallest absolute Gasteiger partial charge is 0.302 e. The summed E-state index contributed by atoms with van der Waals surface area (Å²) in [4.78, 5) is 21.9. The minimum Gasteiger partial charge on any atom is -0.464 e. The van der Waals surface area contributed by atoms with E-state index in [-0.39, 0.29) is 18.5 Å². The van der Waals surface area contributed by atoms with Crippen LogP contribution in [-0.2, 0) is 20.7 Å². The van der Waals surface area contributed by atoms with E-state index in [1.165, 1.54) is 6.92 Å². The van der Waals surface area contributed by atoms with Crippen LogP contribution in [0.5, 0.6) is 0 Å². The van der Waals surface area contributed by atoms with E-state index in [1.54, 1.807) is 0 Å².